The molecule has 0 unspecified atom stereocenters. The zero-order valence-electron chi connectivity index (χ0n) is 13.2. The fraction of sp³-hybridized carbons (Fsp3) is 0.438. The number of esters is 1. The first-order chi connectivity index (χ1) is 10.4. The monoisotopic (exact) mass is 306 g/mol. The normalized spacial score (nSPS) is 9.95. The molecule has 120 valence electrons. The third-order valence-corrected chi connectivity index (χ3v) is 2.81. The molecule has 1 rings (SSSR count). The van der Waals surface area contributed by atoms with Gasteiger partial charge in [-0.25, -0.2) is 0 Å². The molecule has 1 aromatic carbocycles. The summed E-state index contributed by atoms with van der Waals surface area (Å²) >= 11 is 0. The minimum absolute atomic E-state index is 0.271. The Labute approximate surface area is 130 Å². The zero-order chi connectivity index (χ0) is 16.5. The molecule has 1 aromatic rings. The van der Waals surface area contributed by atoms with Crippen molar-refractivity contribution in [1.82, 2.24) is 10.6 Å². The Morgan fingerprint density at radius 1 is 1.05 bits per heavy atom. The minimum atomic E-state index is -0.649. The number of rotatable bonds is 7. The van der Waals surface area contributed by atoms with Crippen LogP contribution in [0.2, 0.25) is 0 Å². The van der Waals surface area contributed by atoms with Gasteiger partial charge in [0.2, 0.25) is 0 Å². The van der Waals surface area contributed by atoms with Crippen molar-refractivity contribution in [2.45, 2.75) is 27.2 Å². The van der Waals surface area contributed by atoms with Crippen LogP contribution in [0.4, 0.5) is 0 Å². The van der Waals surface area contributed by atoms with E-state index in [9.17, 15) is 14.4 Å². The topological polar surface area (TPSA) is 84.5 Å². The van der Waals surface area contributed by atoms with Gasteiger partial charge in [0.1, 0.15) is 6.54 Å². The number of ether oxygens (including phenoxy) is 1. The second-order valence-corrected chi connectivity index (χ2v) is 5.07. The largest absolute Gasteiger partial charge is 0.454 e. The summed E-state index contributed by atoms with van der Waals surface area (Å²) < 4.78 is 4.77. The molecule has 22 heavy (non-hydrogen) atoms. The first-order valence-corrected chi connectivity index (χ1v) is 7.21. The van der Waals surface area contributed by atoms with Gasteiger partial charge in [-0.2, -0.15) is 0 Å². The Hall–Kier alpha value is -2.37. The van der Waals surface area contributed by atoms with Crippen molar-refractivity contribution in [3.05, 3.63) is 34.9 Å². The highest BCUT2D eigenvalue weighted by atomic mass is 16.5. The van der Waals surface area contributed by atoms with Crippen molar-refractivity contribution >= 4 is 17.8 Å². The summed E-state index contributed by atoms with van der Waals surface area (Å²) in [4.78, 5) is 34.7. The standard InChI is InChI=1S/C16H22N2O4/c1-4-5-17-14(19)10-22-15(20)9-18-16(21)13-7-11(2)6-12(3)8-13/h6-8H,4-5,9-10H2,1-3H3,(H,17,19)(H,18,21). The Kier molecular flexibility index (Phi) is 7.08. The van der Waals surface area contributed by atoms with Crippen LogP contribution in [0.15, 0.2) is 18.2 Å². The summed E-state index contributed by atoms with van der Waals surface area (Å²) in [6.07, 6.45) is 0.811. The Balaban J connectivity index is 2.37. The Morgan fingerprint density at radius 3 is 2.27 bits per heavy atom. The quantitative estimate of drug-likeness (QED) is 0.739. The minimum Gasteiger partial charge on any atom is -0.454 e. The molecule has 2 N–H and O–H groups in total. The molecule has 0 aromatic heterocycles. The number of carbonyl (C=O) groups is 3. The molecule has 0 heterocycles. The number of hydrogen-bond donors (Lipinski definition) is 2. The van der Waals surface area contributed by atoms with E-state index >= 15 is 0 Å². The lowest BCUT2D eigenvalue weighted by Gasteiger charge is -2.08. The average molecular weight is 306 g/mol. The van der Waals surface area contributed by atoms with E-state index in [0.29, 0.717) is 12.1 Å². The van der Waals surface area contributed by atoms with Crippen molar-refractivity contribution < 1.29 is 19.1 Å². The first kappa shape index (κ1) is 17.7. The van der Waals surface area contributed by atoms with Gasteiger partial charge in [-0.3, -0.25) is 14.4 Å². The number of hydrogen-bond acceptors (Lipinski definition) is 4. The third kappa shape index (κ3) is 6.39. The summed E-state index contributed by atoms with van der Waals surface area (Å²) in [5.41, 5.74) is 2.44. The summed E-state index contributed by atoms with van der Waals surface area (Å²) in [5.74, 6) is -1.35. The van der Waals surface area contributed by atoms with Crippen LogP contribution in [0, 0.1) is 13.8 Å². The van der Waals surface area contributed by atoms with Gasteiger partial charge in [0.15, 0.2) is 6.61 Å². The highest BCUT2D eigenvalue weighted by molar-refractivity contribution is 5.96. The summed E-state index contributed by atoms with van der Waals surface area (Å²) in [7, 11) is 0. The number of benzene rings is 1. The molecule has 0 bridgehead atoms. The number of aryl methyl sites for hydroxylation is 2. The fourth-order valence-corrected chi connectivity index (χ4v) is 1.87. The van der Waals surface area contributed by atoms with Gasteiger partial charge in [0.25, 0.3) is 11.8 Å². The average Bonchev–Trinajstić information content (AvgIpc) is 2.47. The lowest BCUT2D eigenvalue weighted by molar-refractivity contribution is -0.147. The van der Waals surface area contributed by atoms with Crippen molar-refractivity contribution in [3.8, 4) is 0 Å². The Morgan fingerprint density at radius 2 is 1.68 bits per heavy atom. The number of amides is 2. The summed E-state index contributed by atoms with van der Waals surface area (Å²) in [6, 6.07) is 5.44. The lowest BCUT2D eigenvalue weighted by atomic mass is 10.1. The molecule has 0 aliphatic heterocycles. The highest BCUT2D eigenvalue weighted by Crippen LogP contribution is 2.08. The van der Waals surface area contributed by atoms with Gasteiger partial charge in [0.05, 0.1) is 0 Å². The van der Waals surface area contributed by atoms with E-state index < -0.39 is 5.97 Å². The van der Waals surface area contributed by atoms with E-state index in [0.717, 1.165) is 17.5 Å². The third-order valence-electron chi connectivity index (χ3n) is 2.81. The van der Waals surface area contributed by atoms with E-state index in [1.54, 1.807) is 12.1 Å². The van der Waals surface area contributed by atoms with Crippen LogP contribution in [0.1, 0.15) is 34.8 Å². The molecule has 0 saturated heterocycles. The molecule has 6 nitrogen and oxygen atoms in total. The van der Waals surface area contributed by atoms with E-state index in [4.69, 9.17) is 4.74 Å². The van der Waals surface area contributed by atoms with Crippen LogP contribution in [0.3, 0.4) is 0 Å². The number of carbonyl (C=O) groups excluding carboxylic acids is 3. The van der Waals surface area contributed by atoms with Gasteiger partial charge in [-0.1, -0.05) is 24.1 Å². The van der Waals surface area contributed by atoms with E-state index in [-0.39, 0.29) is 25.0 Å². The summed E-state index contributed by atoms with van der Waals surface area (Å²) in [5, 5.41) is 5.06. The van der Waals surface area contributed by atoms with Crippen molar-refractivity contribution in [3.63, 3.8) is 0 Å². The number of nitrogens with one attached hydrogen (secondary N) is 2. The van der Waals surface area contributed by atoms with Crippen LogP contribution < -0.4 is 10.6 Å². The van der Waals surface area contributed by atoms with Gasteiger partial charge in [-0.05, 0) is 32.4 Å². The smallest absolute Gasteiger partial charge is 0.325 e. The van der Waals surface area contributed by atoms with E-state index in [1.165, 1.54) is 0 Å². The maximum Gasteiger partial charge on any atom is 0.325 e. The summed E-state index contributed by atoms with van der Waals surface area (Å²) in [6.45, 7) is 5.65. The van der Waals surface area contributed by atoms with Crippen molar-refractivity contribution in [2.75, 3.05) is 19.7 Å². The van der Waals surface area contributed by atoms with Gasteiger partial charge in [-0.15, -0.1) is 0 Å². The van der Waals surface area contributed by atoms with Crippen LogP contribution in [0.25, 0.3) is 0 Å². The van der Waals surface area contributed by atoms with Crippen molar-refractivity contribution in [2.24, 2.45) is 0 Å². The fourth-order valence-electron chi connectivity index (χ4n) is 1.87. The molecule has 0 fully saturated rings. The predicted molar refractivity (Wildman–Crippen MR) is 82.5 cm³/mol. The molecule has 0 atom stereocenters. The van der Waals surface area contributed by atoms with Gasteiger partial charge in [0, 0.05) is 12.1 Å². The zero-order valence-corrected chi connectivity index (χ0v) is 13.2. The molecular weight excluding hydrogens is 284 g/mol. The van der Waals surface area contributed by atoms with Crippen molar-refractivity contribution in [1.29, 1.82) is 0 Å². The van der Waals surface area contributed by atoms with Gasteiger partial charge >= 0.3 is 5.97 Å². The second-order valence-electron chi connectivity index (χ2n) is 5.07. The molecule has 0 aliphatic rings. The van der Waals surface area contributed by atoms with E-state index in [2.05, 4.69) is 10.6 Å². The molecule has 0 aliphatic carbocycles. The van der Waals surface area contributed by atoms with Crippen LogP contribution >= 0.6 is 0 Å². The SMILES string of the molecule is CCCNC(=O)COC(=O)CNC(=O)c1cc(C)cc(C)c1. The van der Waals surface area contributed by atoms with Crippen LogP contribution in [-0.2, 0) is 14.3 Å². The maximum atomic E-state index is 11.9. The second kappa shape index (κ2) is 8.81. The maximum absolute atomic E-state index is 11.9. The van der Waals surface area contributed by atoms with Crippen LogP contribution in [-0.4, -0.2) is 37.5 Å². The molecule has 6 heteroatoms. The first-order valence-electron chi connectivity index (χ1n) is 7.21. The molecule has 0 spiro atoms. The Bertz CT molecular complexity index is 535. The predicted octanol–water partition coefficient (Wildman–Crippen LogP) is 1.10. The van der Waals surface area contributed by atoms with Gasteiger partial charge < -0.3 is 15.4 Å². The molecule has 0 radical (unpaired) electrons. The lowest BCUT2D eigenvalue weighted by Crippen LogP contribution is -2.34. The molecular formula is C16H22N2O4. The molecule has 2 amide bonds. The van der Waals surface area contributed by atoms with Crippen LogP contribution in [0.5, 0.6) is 0 Å². The molecule has 0 saturated carbocycles. The highest BCUT2D eigenvalue weighted by Gasteiger charge is 2.11. The van der Waals surface area contributed by atoms with E-state index in [1.807, 2.05) is 26.8 Å².